The van der Waals surface area contributed by atoms with E-state index in [0.29, 0.717) is 22.3 Å². The second kappa shape index (κ2) is 8.06. The van der Waals surface area contributed by atoms with Crippen molar-refractivity contribution in [3.05, 3.63) is 22.3 Å². The van der Waals surface area contributed by atoms with E-state index in [0.717, 1.165) is 0 Å². The number of benzene rings is 1. The lowest BCUT2D eigenvalue weighted by Crippen LogP contribution is -2.07. The van der Waals surface area contributed by atoms with E-state index in [1.165, 1.54) is 28.4 Å². The zero-order chi connectivity index (χ0) is 15.1. The maximum Gasteiger partial charge on any atom is 0.127 e. The Morgan fingerprint density at radius 2 is 0.750 bits per heavy atom. The Bertz CT molecular complexity index is 366. The van der Waals surface area contributed by atoms with Crippen LogP contribution in [0.4, 0.5) is 0 Å². The molecule has 0 atom stereocenters. The molecule has 1 aromatic carbocycles. The molecular formula is C14H22O6. The predicted molar refractivity (Wildman–Crippen MR) is 72.6 cm³/mol. The highest BCUT2D eigenvalue weighted by Gasteiger charge is 2.23. The van der Waals surface area contributed by atoms with Crippen LogP contribution in [-0.4, -0.2) is 38.7 Å². The van der Waals surface area contributed by atoms with Crippen LogP contribution in [0.2, 0.25) is 0 Å². The molecule has 6 heteroatoms. The topological polar surface area (TPSA) is 77.4 Å². The van der Waals surface area contributed by atoms with E-state index in [4.69, 9.17) is 18.9 Å². The summed E-state index contributed by atoms with van der Waals surface area (Å²) in [6.07, 6.45) is 0. The van der Waals surface area contributed by atoms with Crippen LogP contribution >= 0.6 is 0 Å². The van der Waals surface area contributed by atoms with E-state index in [1.807, 2.05) is 0 Å². The molecule has 0 saturated heterocycles. The van der Waals surface area contributed by atoms with Gasteiger partial charge in [-0.05, 0) is 0 Å². The molecule has 0 spiro atoms. The maximum atomic E-state index is 10.4. The Morgan fingerprint density at radius 3 is 0.900 bits per heavy atom. The van der Waals surface area contributed by atoms with Crippen LogP contribution in [0.3, 0.4) is 0 Å². The molecule has 20 heavy (non-hydrogen) atoms. The highest BCUT2D eigenvalue weighted by atomic mass is 16.5. The van der Waals surface area contributed by atoms with E-state index in [-0.39, 0.29) is 37.9 Å². The molecule has 6 nitrogen and oxygen atoms in total. The molecule has 0 bridgehead atoms. The van der Waals surface area contributed by atoms with Crippen LogP contribution in [0.15, 0.2) is 0 Å². The van der Waals surface area contributed by atoms with Gasteiger partial charge in [-0.2, -0.15) is 0 Å². The molecule has 0 saturated carbocycles. The first-order valence-corrected chi connectivity index (χ1v) is 6.15. The fourth-order valence-corrected chi connectivity index (χ4v) is 2.14. The van der Waals surface area contributed by atoms with E-state index in [1.54, 1.807) is 0 Å². The zero-order valence-electron chi connectivity index (χ0n) is 12.4. The highest BCUT2D eigenvalue weighted by molar-refractivity contribution is 5.57. The third kappa shape index (κ3) is 3.40. The summed E-state index contributed by atoms with van der Waals surface area (Å²) >= 11 is 0. The molecule has 0 unspecified atom stereocenters. The molecule has 1 aromatic rings. The van der Waals surface area contributed by atoms with Gasteiger partial charge in [0.15, 0.2) is 0 Å². The second-order valence-electron chi connectivity index (χ2n) is 4.34. The normalized spacial score (nSPS) is 11.0. The zero-order valence-corrected chi connectivity index (χ0v) is 12.4. The SMILES string of the molecule is COCc1c(O)c(COC)c(COC)c(O)c1COC. The Morgan fingerprint density at radius 1 is 0.550 bits per heavy atom. The van der Waals surface area contributed by atoms with Gasteiger partial charge in [-0.15, -0.1) is 0 Å². The summed E-state index contributed by atoms with van der Waals surface area (Å²) in [5, 5.41) is 20.8. The van der Waals surface area contributed by atoms with Crippen molar-refractivity contribution in [2.45, 2.75) is 26.4 Å². The predicted octanol–water partition coefficient (Wildman–Crippen LogP) is 1.68. The average molecular weight is 286 g/mol. The van der Waals surface area contributed by atoms with Crippen molar-refractivity contribution in [3.8, 4) is 11.5 Å². The van der Waals surface area contributed by atoms with E-state index in [2.05, 4.69) is 0 Å². The lowest BCUT2D eigenvalue weighted by atomic mass is 9.96. The van der Waals surface area contributed by atoms with Crippen LogP contribution in [0.5, 0.6) is 11.5 Å². The van der Waals surface area contributed by atoms with Gasteiger partial charge in [0.2, 0.25) is 0 Å². The van der Waals surface area contributed by atoms with Crippen LogP contribution in [0.1, 0.15) is 22.3 Å². The number of methoxy groups -OCH3 is 4. The molecule has 0 aliphatic carbocycles. The van der Waals surface area contributed by atoms with Crippen molar-refractivity contribution in [3.63, 3.8) is 0 Å². The molecule has 0 aliphatic heterocycles. The lowest BCUT2D eigenvalue weighted by molar-refractivity contribution is 0.152. The minimum atomic E-state index is 0.0469. The van der Waals surface area contributed by atoms with Crippen molar-refractivity contribution in [2.75, 3.05) is 28.4 Å². The monoisotopic (exact) mass is 286 g/mol. The minimum Gasteiger partial charge on any atom is -0.507 e. The van der Waals surface area contributed by atoms with Crippen LogP contribution in [-0.2, 0) is 45.4 Å². The number of phenols is 2. The molecule has 0 aliphatic rings. The molecule has 0 heterocycles. The number of phenolic OH excluding ortho intramolecular Hbond substituents is 2. The van der Waals surface area contributed by atoms with Crippen LogP contribution in [0.25, 0.3) is 0 Å². The number of hydrogen-bond acceptors (Lipinski definition) is 6. The molecule has 0 aromatic heterocycles. The molecular weight excluding hydrogens is 264 g/mol. The Hall–Kier alpha value is -1.34. The van der Waals surface area contributed by atoms with Crippen molar-refractivity contribution < 1.29 is 29.2 Å². The molecule has 114 valence electrons. The Kier molecular flexibility index (Phi) is 6.74. The van der Waals surface area contributed by atoms with Crippen molar-refractivity contribution in [2.24, 2.45) is 0 Å². The van der Waals surface area contributed by atoms with Gasteiger partial charge in [0.1, 0.15) is 11.5 Å². The standard InChI is InChI=1S/C14H22O6/c1-17-5-9-10(6-18-2)14(16)12(8-20-4)11(7-19-3)13(9)15/h15-16H,5-8H2,1-4H3. The highest BCUT2D eigenvalue weighted by Crippen LogP contribution is 2.39. The summed E-state index contributed by atoms with van der Waals surface area (Å²) in [7, 11) is 6.08. The number of hydrogen-bond donors (Lipinski definition) is 2. The molecule has 1 rings (SSSR count). The minimum absolute atomic E-state index is 0.0469. The number of aromatic hydroxyl groups is 2. The number of ether oxygens (including phenoxy) is 4. The number of rotatable bonds is 8. The summed E-state index contributed by atoms with van der Waals surface area (Å²) in [5.74, 6) is 0.0937. The maximum absolute atomic E-state index is 10.4. The average Bonchev–Trinajstić information content (AvgIpc) is 2.44. The van der Waals surface area contributed by atoms with Gasteiger partial charge in [0, 0.05) is 50.7 Å². The third-order valence-electron chi connectivity index (χ3n) is 3.03. The summed E-state index contributed by atoms with van der Waals surface area (Å²) in [5.41, 5.74) is 2.00. The largest absolute Gasteiger partial charge is 0.507 e. The van der Waals surface area contributed by atoms with Gasteiger partial charge >= 0.3 is 0 Å². The van der Waals surface area contributed by atoms with E-state index >= 15 is 0 Å². The van der Waals surface area contributed by atoms with Crippen molar-refractivity contribution in [1.29, 1.82) is 0 Å². The molecule has 0 fully saturated rings. The lowest BCUT2D eigenvalue weighted by Gasteiger charge is -2.20. The summed E-state index contributed by atoms with van der Waals surface area (Å²) in [6.45, 7) is 0.675. The van der Waals surface area contributed by atoms with Crippen molar-refractivity contribution in [1.82, 2.24) is 0 Å². The van der Waals surface area contributed by atoms with E-state index in [9.17, 15) is 10.2 Å². The first-order valence-electron chi connectivity index (χ1n) is 6.15. The van der Waals surface area contributed by atoms with Gasteiger partial charge in [-0.3, -0.25) is 0 Å². The fourth-order valence-electron chi connectivity index (χ4n) is 2.14. The first-order chi connectivity index (χ1) is 9.62. The van der Waals surface area contributed by atoms with E-state index < -0.39 is 0 Å². The molecule has 0 amide bonds. The van der Waals surface area contributed by atoms with Gasteiger partial charge < -0.3 is 29.2 Å². The third-order valence-corrected chi connectivity index (χ3v) is 3.03. The Labute approximate surface area is 118 Å². The Balaban J connectivity index is 3.50. The van der Waals surface area contributed by atoms with Gasteiger partial charge in [-0.1, -0.05) is 0 Å². The smallest absolute Gasteiger partial charge is 0.127 e. The summed E-state index contributed by atoms with van der Waals surface area (Å²) in [4.78, 5) is 0. The summed E-state index contributed by atoms with van der Waals surface area (Å²) < 4.78 is 20.3. The first kappa shape index (κ1) is 16.7. The van der Waals surface area contributed by atoms with Gasteiger partial charge in [0.05, 0.1) is 26.4 Å². The summed E-state index contributed by atoms with van der Waals surface area (Å²) in [6, 6.07) is 0. The van der Waals surface area contributed by atoms with Crippen LogP contribution in [0, 0.1) is 0 Å². The second-order valence-corrected chi connectivity index (χ2v) is 4.34. The van der Waals surface area contributed by atoms with Crippen molar-refractivity contribution >= 4 is 0 Å². The van der Waals surface area contributed by atoms with Gasteiger partial charge in [-0.25, -0.2) is 0 Å². The van der Waals surface area contributed by atoms with Crippen LogP contribution < -0.4 is 0 Å². The molecule has 0 radical (unpaired) electrons. The quantitative estimate of drug-likeness (QED) is 0.708. The molecule has 2 N–H and O–H groups in total. The fraction of sp³-hybridized carbons (Fsp3) is 0.571. The van der Waals surface area contributed by atoms with Gasteiger partial charge in [0.25, 0.3) is 0 Å².